The first-order chi connectivity index (χ1) is 12.6. The van der Waals surface area contributed by atoms with E-state index in [9.17, 15) is 15.0 Å². The Morgan fingerprint density at radius 2 is 2.00 bits per heavy atom. The highest BCUT2D eigenvalue weighted by molar-refractivity contribution is 6.06. The molecule has 0 amide bonds. The van der Waals surface area contributed by atoms with Gasteiger partial charge < -0.3 is 14.9 Å². The summed E-state index contributed by atoms with van der Waals surface area (Å²) in [5, 5.41) is 20.4. The molecule has 2 aromatic carbocycles. The highest BCUT2D eigenvalue weighted by atomic mass is 16.5. The first-order valence-electron chi connectivity index (χ1n) is 8.31. The van der Waals surface area contributed by atoms with Crippen molar-refractivity contribution in [1.29, 1.82) is 0 Å². The van der Waals surface area contributed by atoms with Gasteiger partial charge in [-0.2, -0.15) is 0 Å². The number of fused-ring (bicyclic) bond motifs is 2. The molecule has 0 atom stereocenters. The van der Waals surface area contributed by atoms with Gasteiger partial charge in [-0.15, -0.1) is 0 Å². The van der Waals surface area contributed by atoms with Crippen LogP contribution in [0.2, 0.25) is 0 Å². The van der Waals surface area contributed by atoms with Crippen molar-refractivity contribution in [2.24, 2.45) is 0 Å². The molecule has 0 saturated heterocycles. The molecule has 0 spiro atoms. The van der Waals surface area contributed by atoms with E-state index in [0.29, 0.717) is 35.1 Å². The molecule has 5 heteroatoms. The smallest absolute Gasteiger partial charge is 0.336 e. The SMILES string of the molecule is COc1ccc(/C=C2\CCc3c2nc2ccccc2c3C(=O)O)cc1O. The number of phenolic OH excluding ortho intramolecular Hbond substituents is 1. The minimum absolute atomic E-state index is 0.0674. The molecule has 1 aliphatic carbocycles. The van der Waals surface area contributed by atoms with Crippen LogP contribution in [0.4, 0.5) is 0 Å². The number of para-hydroxylation sites is 1. The molecule has 26 heavy (non-hydrogen) atoms. The van der Waals surface area contributed by atoms with Gasteiger partial charge in [0, 0.05) is 5.39 Å². The standard InChI is InChI=1S/C21H17NO4/c1-26-18-9-6-12(11-17(18)23)10-13-7-8-15-19(21(24)25)14-4-2-3-5-16(14)22-20(13)15/h2-6,9-11,23H,7-8H2,1H3,(H,24,25)/b13-10+. The normalized spacial score (nSPS) is 14.6. The fourth-order valence-electron chi connectivity index (χ4n) is 3.52. The molecule has 1 aromatic heterocycles. The molecule has 0 aliphatic heterocycles. The van der Waals surface area contributed by atoms with Crippen LogP contribution in [0.15, 0.2) is 42.5 Å². The highest BCUT2D eigenvalue weighted by Crippen LogP contribution is 2.38. The van der Waals surface area contributed by atoms with Gasteiger partial charge in [-0.1, -0.05) is 24.3 Å². The number of phenols is 1. The van der Waals surface area contributed by atoms with Crippen molar-refractivity contribution in [3.8, 4) is 11.5 Å². The van der Waals surface area contributed by atoms with Crippen LogP contribution in [-0.2, 0) is 6.42 Å². The molecular weight excluding hydrogens is 330 g/mol. The summed E-state index contributed by atoms with van der Waals surface area (Å²) in [5.41, 5.74) is 4.31. The van der Waals surface area contributed by atoms with Crippen molar-refractivity contribution in [2.45, 2.75) is 12.8 Å². The number of benzene rings is 2. The fourth-order valence-corrected chi connectivity index (χ4v) is 3.52. The quantitative estimate of drug-likeness (QED) is 0.744. The lowest BCUT2D eigenvalue weighted by molar-refractivity contribution is 0.0698. The van der Waals surface area contributed by atoms with Crippen molar-refractivity contribution < 1.29 is 19.7 Å². The van der Waals surface area contributed by atoms with Gasteiger partial charge in [0.25, 0.3) is 0 Å². The van der Waals surface area contributed by atoms with Crippen LogP contribution in [0.5, 0.6) is 11.5 Å². The highest BCUT2D eigenvalue weighted by Gasteiger charge is 2.26. The van der Waals surface area contributed by atoms with Crippen LogP contribution < -0.4 is 4.74 Å². The zero-order chi connectivity index (χ0) is 18.3. The molecule has 0 radical (unpaired) electrons. The number of aromatic hydroxyl groups is 1. The third-order valence-corrected chi connectivity index (χ3v) is 4.70. The Morgan fingerprint density at radius 3 is 2.73 bits per heavy atom. The molecule has 2 N–H and O–H groups in total. The van der Waals surface area contributed by atoms with Crippen molar-refractivity contribution in [2.75, 3.05) is 7.11 Å². The lowest BCUT2D eigenvalue weighted by Gasteiger charge is -2.09. The maximum absolute atomic E-state index is 11.9. The van der Waals surface area contributed by atoms with E-state index in [0.717, 1.165) is 22.4 Å². The maximum Gasteiger partial charge on any atom is 0.336 e. The lowest BCUT2D eigenvalue weighted by atomic mass is 10.0. The number of aromatic nitrogens is 1. The van der Waals surface area contributed by atoms with Crippen LogP contribution >= 0.6 is 0 Å². The summed E-state index contributed by atoms with van der Waals surface area (Å²) in [5.74, 6) is -0.447. The Kier molecular flexibility index (Phi) is 3.84. The maximum atomic E-state index is 11.9. The van der Waals surface area contributed by atoms with Crippen molar-refractivity contribution in [3.63, 3.8) is 0 Å². The molecule has 1 aliphatic rings. The van der Waals surface area contributed by atoms with E-state index < -0.39 is 5.97 Å². The Balaban J connectivity index is 1.88. The van der Waals surface area contributed by atoms with Gasteiger partial charge in [0.15, 0.2) is 11.5 Å². The number of carboxylic acids is 1. The van der Waals surface area contributed by atoms with Crippen molar-refractivity contribution in [3.05, 3.63) is 64.8 Å². The van der Waals surface area contributed by atoms with Gasteiger partial charge in [-0.3, -0.25) is 0 Å². The molecule has 5 nitrogen and oxygen atoms in total. The van der Waals surface area contributed by atoms with Gasteiger partial charge >= 0.3 is 5.97 Å². The minimum atomic E-state index is -0.928. The number of hydrogen-bond donors (Lipinski definition) is 2. The number of ether oxygens (including phenoxy) is 1. The number of rotatable bonds is 3. The van der Waals surface area contributed by atoms with Crippen molar-refractivity contribution >= 4 is 28.5 Å². The summed E-state index contributed by atoms with van der Waals surface area (Å²) in [4.78, 5) is 16.6. The summed E-state index contributed by atoms with van der Waals surface area (Å²) in [6, 6.07) is 12.5. The largest absolute Gasteiger partial charge is 0.504 e. The molecule has 3 aromatic rings. The molecule has 1 heterocycles. The van der Waals surface area contributed by atoms with E-state index >= 15 is 0 Å². The molecular formula is C21H17NO4. The van der Waals surface area contributed by atoms with Crippen LogP contribution in [0.3, 0.4) is 0 Å². The second-order valence-electron chi connectivity index (χ2n) is 6.24. The number of carbonyl (C=O) groups is 1. The summed E-state index contributed by atoms with van der Waals surface area (Å²) < 4.78 is 5.07. The van der Waals surface area contributed by atoms with Crippen LogP contribution in [0, 0.1) is 0 Å². The van der Waals surface area contributed by atoms with Crippen LogP contribution in [0.1, 0.15) is 33.6 Å². The molecule has 0 unspecified atom stereocenters. The van der Waals surface area contributed by atoms with E-state index in [4.69, 9.17) is 9.72 Å². The third kappa shape index (κ3) is 2.58. The van der Waals surface area contributed by atoms with E-state index in [1.165, 1.54) is 7.11 Å². The Labute approximate surface area is 150 Å². The molecule has 0 bridgehead atoms. The molecule has 0 fully saturated rings. The van der Waals surface area contributed by atoms with Crippen LogP contribution in [-0.4, -0.2) is 28.3 Å². The first-order valence-corrected chi connectivity index (χ1v) is 8.31. The summed E-state index contributed by atoms with van der Waals surface area (Å²) in [7, 11) is 1.50. The number of allylic oxidation sites excluding steroid dienone is 1. The monoisotopic (exact) mass is 347 g/mol. The second kappa shape index (κ2) is 6.19. The van der Waals surface area contributed by atoms with Gasteiger partial charge in [0.2, 0.25) is 0 Å². The molecule has 0 saturated carbocycles. The number of aromatic carboxylic acids is 1. The molecule has 130 valence electrons. The fraction of sp³-hybridized carbons (Fsp3) is 0.143. The first kappa shape index (κ1) is 16.1. The van der Waals surface area contributed by atoms with Gasteiger partial charge in [-0.05, 0) is 53.8 Å². The third-order valence-electron chi connectivity index (χ3n) is 4.70. The zero-order valence-corrected chi connectivity index (χ0v) is 14.2. The van der Waals surface area contributed by atoms with Gasteiger partial charge in [-0.25, -0.2) is 9.78 Å². The van der Waals surface area contributed by atoms with E-state index in [1.807, 2.05) is 30.3 Å². The van der Waals surface area contributed by atoms with E-state index in [1.54, 1.807) is 18.2 Å². The Morgan fingerprint density at radius 1 is 1.19 bits per heavy atom. The lowest BCUT2D eigenvalue weighted by Crippen LogP contribution is -2.05. The second-order valence-corrected chi connectivity index (χ2v) is 6.24. The number of carboxylic acid groups (broad SMARTS) is 1. The van der Waals surface area contributed by atoms with E-state index in [-0.39, 0.29) is 5.75 Å². The topological polar surface area (TPSA) is 79.7 Å². The average molecular weight is 347 g/mol. The predicted octanol–water partition coefficient (Wildman–Crippen LogP) is 4.13. The van der Waals surface area contributed by atoms with E-state index in [2.05, 4.69) is 0 Å². The number of methoxy groups -OCH3 is 1. The van der Waals surface area contributed by atoms with Gasteiger partial charge in [0.05, 0.1) is 23.9 Å². The van der Waals surface area contributed by atoms with Crippen LogP contribution in [0.25, 0.3) is 22.6 Å². The predicted molar refractivity (Wildman–Crippen MR) is 99.6 cm³/mol. The minimum Gasteiger partial charge on any atom is -0.504 e. The average Bonchev–Trinajstić information content (AvgIpc) is 3.02. The summed E-state index contributed by atoms with van der Waals surface area (Å²) in [6.45, 7) is 0. The summed E-state index contributed by atoms with van der Waals surface area (Å²) >= 11 is 0. The number of pyridine rings is 1. The van der Waals surface area contributed by atoms with Gasteiger partial charge in [0.1, 0.15) is 0 Å². The summed E-state index contributed by atoms with van der Waals surface area (Å²) in [6.07, 6.45) is 3.30. The van der Waals surface area contributed by atoms with Crippen molar-refractivity contribution in [1.82, 2.24) is 4.98 Å². The Bertz CT molecular complexity index is 1070. The molecule has 4 rings (SSSR count). The zero-order valence-electron chi connectivity index (χ0n) is 14.2. The number of nitrogens with zero attached hydrogens (tertiary/aromatic N) is 1. The number of hydrogen-bond acceptors (Lipinski definition) is 4. The Hall–Kier alpha value is -3.34.